The molecule has 20 heavy (non-hydrogen) atoms. The molecular formula is C13H21N3O4. The lowest BCUT2D eigenvalue weighted by molar-refractivity contribution is -0.137. The first-order valence-electron chi connectivity index (χ1n) is 7.02. The molecule has 1 heterocycles. The van der Waals surface area contributed by atoms with Crippen molar-refractivity contribution in [2.75, 3.05) is 26.2 Å². The number of nitrogens with two attached hydrogens (primary N) is 1. The number of nitrogens with zero attached hydrogens (tertiary/aromatic N) is 2. The Morgan fingerprint density at radius 3 is 2.20 bits per heavy atom. The van der Waals surface area contributed by atoms with E-state index in [0.717, 1.165) is 12.8 Å². The maximum atomic E-state index is 12.3. The van der Waals surface area contributed by atoms with Crippen LogP contribution < -0.4 is 5.73 Å². The van der Waals surface area contributed by atoms with Crippen LogP contribution in [-0.4, -0.2) is 59.0 Å². The highest BCUT2D eigenvalue weighted by atomic mass is 16.4. The molecule has 7 nitrogen and oxygen atoms in total. The Labute approximate surface area is 117 Å². The Hall–Kier alpha value is -1.79. The third-order valence-corrected chi connectivity index (χ3v) is 3.94. The van der Waals surface area contributed by atoms with Gasteiger partial charge in [-0.2, -0.15) is 0 Å². The molecule has 1 saturated heterocycles. The van der Waals surface area contributed by atoms with Crippen molar-refractivity contribution in [3.8, 4) is 0 Å². The van der Waals surface area contributed by atoms with Crippen LogP contribution in [0.4, 0.5) is 4.79 Å². The number of amides is 3. The van der Waals surface area contributed by atoms with Crippen LogP contribution in [-0.2, 0) is 9.59 Å². The lowest BCUT2D eigenvalue weighted by atomic mass is 9.96. The number of urea groups is 1. The van der Waals surface area contributed by atoms with Gasteiger partial charge in [0, 0.05) is 25.6 Å². The van der Waals surface area contributed by atoms with Gasteiger partial charge in [0.15, 0.2) is 0 Å². The maximum absolute atomic E-state index is 12.3. The number of primary amides is 1. The quantitative estimate of drug-likeness (QED) is 0.746. The second kappa shape index (κ2) is 6.11. The van der Waals surface area contributed by atoms with Crippen molar-refractivity contribution in [3.63, 3.8) is 0 Å². The fourth-order valence-electron chi connectivity index (χ4n) is 2.54. The van der Waals surface area contributed by atoms with Crippen LogP contribution in [0.15, 0.2) is 0 Å². The molecule has 0 bridgehead atoms. The molecule has 2 aliphatic rings. The first kappa shape index (κ1) is 14.6. The summed E-state index contributed by atoms with van der Waals surface area (Å²) in [5.74, 6) is -1.04. The summed E-state index contributed by atoms with van der Waals surface area (Å²) in [6, 6.07) is -0.234. The number of aliphatic carboxylic acids is 1. The molecule has 1 saturated carbocycles. The van der Waals surface area contributed by atoms with Gasteiger partial charge < -0.3 is 20.6 Å². The molecular weight excluding hydrogens is 262 g/mol. The number of carbonyl (C=O) groups excluding carboxylic acids is 2. The Morgan fingerprint density at radius 2 is 1.75 bits per heavy atom. The molecule has 0 aromatic heterocycles. The van der Waals surface area contributed by atoms with Crippen molar-refractivity contribution < 1.29 is 19.5 Å². The summed E-state index contributed by atoms with van der Waals surface area (Å²) in [5.41, 5.74) is 5.26. The van der Waals surface area contributed by atoms with Crippen LogP contribution in [0.5, 0.6) is 0 Å². The summed E-state index contributed by atoms with van der Waals surface area (Å²) in [4.78, 5) is 37.3. The zero-order valence-electron chi connectivity index (χ0n) is 11.5. The summed E-state index contributed by atoms with van der Waals surface area (Å²) in [7, 11) is 0. The Morgan fingerprint density at radius 1 is 1.15 bits per heavy atom. The first-order valence-corrected chi connectivity index (χ1v) is 7.02. The first-order chi connectivity index (χ1) is 9.47. The summed E-state index contributed by atoms with van der Waals surface area (Å²) in [6.07, 6.45) is 3.25. The highest BCUT2D eigenvalue weighted by Gasteiger charge is 2.32. The molecule has 1 aliphatic carbocycles. The van der Waals surface area contributed by atoms with Gasteiger partial charge in [-0.05, 0) is 31.6 Å². The summed E-state index contributed by atoms with van der Waals surface area (Å²) >= 11 is 0. The maximum Gasteiger partial charge on any atom is 0.323 e. The van der Waals surface area contributed by atoms with E-state index < -0.39 is 5.97 Å². The molecule has 3 amide bonds. The molecule has 0 unspecified atom stereocenters. The number of carboxylic acid groups (broad SMARTS) is 1. The predicted molar refractivity (Wildman–Crippen MR) is 70.8 cm³/mol. The highest BCUT2D eigenvalue weighted by Crippen LogP contribution is 2.30. The fraction of sp³-hybridized carbons (Fsp3) is 0.769. The van der Waals surface area contributed by atoms with E-state index in [4.69, 9.17) is 10.8 Å². The molecule has 0 atom stereocenters. The van der Waals surface area contributed by atoms with E-state index in [1.165, 1.54) is 4.90 Å². The summed E-state index contributed by atoms with van der Waals surface area (Å²) < 4.78 is 0. The second-order valence-corrected chi connectivity index (χ2v) is 5.66. The Bertz CT molecular complexity index is 400. The highest BCUT2D eigenvalue weighted by molar-refractivity contribution is 5.81. The van der Waals surface area contributed by atoms with Gasteiger partial charge in [0.2, 0.25) is 5.91 Å². The number of hydrogen-bond donors (Lipinski definition) is 2. The molecule has 1 aliphatic heterocycles. The minimum Gasteiger partial charge on any atom is -0.480 e. The topological polar surface area (TPSA) is 104 Å². The van der Waals surface area contributed by atoms with E-state index in [2.05, 4.69) is 0 Å². The number of carbonyl (C=O) groups is 3. The molecule has 0 aromatic rings. The van der Waals surface area contributed by atoms with Crippen LogP contribution in [0.2, 0.25) is 0 Å². The zero-order chi connectivity index (χ0) is 14.7. The van der Waals surface area contributed by atoms with E-state index >= 15 is 0 Å². The molecule has 0 spiro atoms. The molecule has 3 N–H and O–H groups in total. The number of hydrogen-bond acceptors (Lipinski definition) is 3. The van der Waals surface area contributed by atoms with Gasteiger partial charge in [0.25, 0.3) is 0 Å². The molecule has 0 aromatic carbocycles. The van der Waals surface area contributed by atoms with Crippen molar-refractivity contribution in [2.45, 2.75) is 25.7 Å². The minimum absolute atomic E-state index is 0.171. The van der Waals surface area contributed by atoms with Crippen LogP contribution in [0.1, 0.15) is 25.7 Å². The molecule has 0 radical (unpaired) electrons. The molecule has 7 heteroatoms. The minimum atomic E-state index is -0.994. The van der Waals surface area contributed by atoms with Gasteiger partial charge in [0.1, 0.15) is 6.54 Å². The van der Waals surface area contributed by atoms with E-state index in [-0.39, 0.29) is 24.4 Å². The third-order valence-electron chi connectivity index (χ3n) is 3.94. The van der Waals surface area contributed by atoms with E-state index in [1.54, 1.807) is 4.90 Å². The molecule has 2 fully saturated rings. The van der Waals surface area contributed by atoms with Gasteiger partial charge >= 0.3 is 12.0 Å². The average Bonchev–Trinajstić information content (AvgIpc) is 3.20. The second-order valence-electron chi connectivity index (χ2n) is 5.66. The van der Waals surface area contributed by atoms with E-state index in [1.807, 2.05) is 0 Å². The molecule has 112 valence electrons. The van der Waals surface area contributed by atoms with Crippen molar-refractivity contribution in [1.82, 2.24) is 9.80 Å². The van der Waals surface area contributed by atoms with Gasteiger partial charge in [-0.3, -0.25) is 9.59 Å². The van der Waals surface area contributed by atoms with Crippen LogP contribution >= 0.6 is 0 Å². The van der Waals surface area contributed by atoms with E-state index in [0.29, 0.717) is 38.4 Å². The van der Waals surface area contributed by atoms with Gasteiger partial charge in [-0.25, -0.2) is 4.79 Å². The average molecular weight is 283 g/mol. The van der Waals surface area contributed by atoms with Gasteiger partial charge in [0.05, 0.1) is 0 Å². The standard InChI is InChI=1S/C13H21N3O4/c14-12(19)10-3-5-15(6-4-10)13(20)16(8-11(17)18)7-9-1-2-9/h9-10H,1-8H2,(H2,14,19)(H,17,18). The lowest BCUT2D eigenvalue weighted by Crippen LogP contribution is -2.49. The third kappa shape index (κ3) is 3.85. The summed E-state index contributed by atoms with van der Waals surface area (Å²) in [6.45, 7) is 1.19. The van der Waals surface area contributed by atoms with Crippen molar-refractivity contribution in [3.05, 3.63) is 0 Å². The number of carboxylic acids is 1. The SMILES string of the molecule is NC(=O)C1CCN(C(=O)N(CC(=O)O)CC2CC2)CC1. The number of likely N-dealkylation sites (tertiary alicyclic amines) is 1. The number of piperidine rings is 1. The Balaban J connectivity index is 1.90. The molecule has 2 rings (SSSR count). The van der Waals surface area contributed by atoms with Crippen LogP contribution in [0.3, 0.4) is 0 Å². The fourth-order valence-corrected chi connectivity index (χ4v) is 2.54. The van der Waals surface area contributed by atoms with Gasteiger partial charge in [-0.15, -0.1) is 0 Å². The number of rotatable bonds is 5. The predicted octanol–water partition coefficient (Wildman–Crippen LogP) is 0.100. The normalized spacial score (nSPS) is 19.7. The van der Waals surface area contributed by atoms with Crippen LogP contribution in [0, 0.1) is 11.8 Å². The van der Waals surface area contributed by atoms with Crippen LogP contribution in [0.25, 0.3) is 0 Å². The van der Waals surface area contributed by atoms with E-state index in [9.17, 15) is 14.4 Å². The lowest BCUT2D eigenvalue weighted by Gasteiger charge is -2.34. The monoisotopic (exact) mass is 283 g/mol. The van der Waals surface area contributed by atoms with Crippen molar-refractivity contribution in [1.29, 1.82) is 0 Å². The van der Waals surface area contributed by atoms with Crippen molar-refractivity contribution >= 4 is 17.9 Å². The van der Waals surface area contributed by atoms with Gasteiger partial charge in [-0.1, -0.05) is 0 Å². The largest absolute Gasteiger partial charge is 0.480 e. The zero-order valence-corrected chi connectivity index (χ0v) is 11.5. The Kier molecular flexibility index (Phi) is 4.46. The summed E-state index contributed by atoms with van der Waals surface area (Å²) in [5, 5.41) is 8.91. The van der Waals surface area contributed by atoms with Crippen molar-refractivity contribution in [2.24, 2.45) is 17.6 Å². The smallest absolute Gasteiger partial charge is 0.323 e.